The minimum absolute atomic E-state index is 0.120. The van der Waals surface area contributed by atoms with Crippen LogP contribution in [-0.4, -0.2) is 39.1 Å². The van der Waals surface area contributed by atoms with Crippen LogP contribution < -0.4 is 5.32 Å². The van der Waals surface area contributed by atoms with E-state index in [0.717, 1.165) is 33.4 Å². The Morgan fingerprint density at radius 2 is 1.54 bits per heavy atom. The number of aliphatic hydroxyl groups excluding tert-OH is 2. The molecule has 1 heterocycles. The van der Waals surface area contributed by atoms with Crippen molar-refractivity contribution in [2.75, 3.05) is 0 Å². The zero-order valence-electron chi connectivity index (χ0n) is 20.2. The maximum absolute atomic E-state index is 13.3. The molecule has 1 aliphatic rings. The van der Waals surface area contributed by atoms with Crippen LogP contribution in [0, 0.1) is 12.7 Å². The summed E-state index contributed by atoms with van der Waals surface area (Å²) in [4.78, 5) is 26.3. The first kappa shape index (κ1) is 26.1. The molecule has 2 atom stereocenters. The molecular weight excluding hydrogens is 447 g/mol. The van der Waals surface area contributed by atoms with E-state index >= 15 is 0 Å². The molecule has 6 nitrogen and oxygen atoms in total. The maximum atomic E-state index is 13.3. The molecule has 3 N–H and O–H groups in total. The Morgan fingerprint density at radius 1 is 0.943 bits per heavy atom. The van der Waals surface area contributed by atoms with Gasteiger partial charge in [0.05, 0.1) is 0 Å². The van der Waals surface area contributed by atoms with Crippen LogP contribution in [0.25, 0.3) is 11.1 Å². The number of aliphatic hydroxyl groups is 2. The molecule has 0 aliphatic carbocycles. The number of hydrogen-bond acceptors (Lipinski definition) is 4. The van der Waals surface area contributed by atoms with Crippen molar-refractivity contribution in [3.8, 4) is 11.1 Å². The van der Waals surface area contributed by atoms with E-state index in [1.807, 2.05) is 69.3 Å². The predicted octanol–water partition coefficient (Wildman–Crippen LogP) is 3.71. The van der Waals surface area contributed by atoms with Gasteiger partial charge in [0.15, 0.2) is 12.2 Å². The fraction of sp³-hybridized carbons (Fsp3) is 0.286. The molecule has 0 bridgehead atoms. The van der Waals surface area contributed by atoms with Crippen LogP contribution >= 0.6 is 0 Å². The molecule has 3 aromatic rings. The first-order valence-corrected chi connectivity index (χ1v) is 11.7. The standard InChI is InChI=1S/C26H25FN2O4.C2H6/c1-16-12-21(27)10-11-22(16)18-8-6-17(7-9-18)13-28-25(32)23(30)24(31)26(33)29-14-19-4-2-3-5-20(19)15-29;1-2/h2-12,23-24,30-31H,13-15H2,1H3,(H,28,32);1-2H3. The van der Waals surface area contributed by atoms with Crippen molar-refractivity contribution in [1.29, 1.82) is 0 Å². The Bertz CT molecular complexity index is 1150. The molecule has 35 heavy (non-hydrogen) atoms. The number of aryl methyl sites for hydroxylation is 1. The molecule has 2 unspecified atom stereocenters. The van der Waals surface area contributed by atoms with Gasteiger partial charge in [-0.05, 0) is 52.4 Å². The van der Waals surface area contributed by atoms with Gasteiger partial charge >= 0.3 is 0 Å². The molecule has 0 fully saturated rings. The summed E-state index contributed by atoms with van der Waals surface area (Å²) in [7, 11) is 0. The van der Waals surface area contributed by atoms with Gasteiger partial charge in [-0.1, -0.05) is 68.4 Å². The third-order valence-corrected chi connectivity index (χ3v) is 5.89. The highest BCUT2D eigenvalue weighted by atomic mass is 19.1. The zero-order valence-corrected chi connectivity index (χ0v) is 20.2. The van der Waals surface area contributed by atoms with Crippen LogP contribution in [0.2, 0.25) is 0 Å². The third-order valence-electron chi connectivity index (χ3n) is 5.89. The number of rotatable bonds is 6. The quantitative estimate of drug-likeness (QED) is 0.504. The van der Waals surface area contributed by atoms with Gasteiger partial charge in [-0.2, -0.15) is 0 Å². The van der Waals surface area contributed by atoms with Crippen LogP contribution in [0.5, 0.6) is 0 Å². The highest BCUT2D eigenvalue weighted by molar-refractivity contribution is 5.91. The average Bonchev–Trinajstić information content (AvgIpc) is 3.32. The second-order valence-electron chi connectivity index (χ2n) is 8.23. The number of carbonyl (C=O) groups is 2. The van der Waals surface area contributed by atoms with Gasteiger partial charge in [0.2, 0.25) is 0 Å². The summed E-state index contributed by atoms with van der Waals surface area (Å²) in [6.45, 7) is 6.62. The summed E-state index contributed by atoms with van der Waals surface area (Å²) < 4.78 is 13.3. The number of hydrogen-bond donors (Lipinski definition) is 3. The number of nitrogens with zero attached hydrogens (tertiary/aromatic N) is 1. The summed E-state index contributed by atoms with van der Waals surface area (Å²) in [6.07, 6.45) is -3.72. The maximum Gasteiger partial charge on any atom is 0.255 e. The summed E-state index contributed by atoms with van der Waals surface area (Å²) in [5.74, 6) is -1.80. The third kappa shape index (κ3) is 6.12. The Morgan fingerprint density at radius 3 is 2.11 bits per heavy atom. The van der Waals surface area contributed by atoms with E-state index in [1.54, 1.807) is 6.07 Å². The van der Waals surface area contributed by atoms with Crippen molar-refractivity contribution in [2.45, 2.75) is 52.6 Å². The second-order valence-corrected chi connectivity index (χ2v) is 8.23. The lowest BCUT2D eigenvalue weighted by atomic mass is 9.99. The van der Waals surface area contributed by atoms with Gasteiger partial charge < -0.3 is 20.4 Å². The van der Waals surface area contributed by atoms with Crippen LogP contribution in [-0.2, 0) is 29.2 Å². The van der Waals surface area contributed by atoms with Crippen LogP contribution in [0.3, 0.4) is 0 Å². The van der Waals surface area contributed by atoms with Crippen molar-refractivity contribution < 1.29 is 24.2 Å². The fourth-order valence-corrected chi connectivity index (χ4v) is 4.00. The molecule has 3 aromatic carbocycles. The number of fused-ring (bicyclic) bond motifs is 1. The SMILES string of the molecule is CC.Cc1cc(F)ccc1-c1ccc(CNC(=O)C(O)C(O)C(=O)N2Cc3ccccc3C2)cc1. The van der Waals surface area contributed by atoms with Gasteiger partial charge in [-0.3, -0.25) is 9.59 Å². The minimum atomic E-state index is -1.87. The summed E-state index contributed by atoms with van der Waals surface area (Å²) >= 11 is 0. The number of benzene rings is 3. The first-order chi connectivity index (χ1) is 16.8. The van der Waals surface area contributed by atoms with Gasteiger partial charge in [0.25, 0.3) is 11.8 Å². The summed E-state index contributed by atoms with van der Waals surface area (Å²) in [5.41, 5.74) is 5.38. The molecule has 7 heteroatoms. The Labute approximate surface area is 205 Å². The number of nitrogens with one attached hydrogen (secondary N) is 1. The van der Waals surface area contributed by atoms with Crippen LogP contribution in [0.1, 0.15) is 36.1 Å². The number of carbonyl (C=O) groups excluding carboxylic acids is 2. The zero-order chi connectivity index (χ0) is 25.5. The van der Waals surface area contributed by atoms with Crippen molar-refractivity contribution in [1.82, 2.24) is 10.2 Å². The highest BCUT2D eigenvalue weighted by Crippen LogP contribution is 2.25. The van der Waals surface area contributed by atoms with Crippen LogP contribution in [0.15, 0.2) is 66.7 Å². The van der Waals surface area contributed by atoms with Gasteiger partial charge in [0, 0.05) is 19.6 Å². The van der Waals surface area contributed by atoms with Crippen molar-refractivity contribution in [2.24, 2.45) is 0 Å². The summed E-state index contributed by atoms with van der Waals surface area (Å²) in [6, 6.07) is 19.5. The van der Waals surface area contributed by atoms with Crippen molar-refractivity contribution >= 4 is 11.8 Å². The predicted molar refractivity (Wildman–Crippen MR) is 132 cm³/mol. The second kappa shape index (κ2) is 11.7. The van der Waals surface area contributed by atoms with E-state index in [-0.39, 0.29) is 12.4 Å². The molecule has 0 saturated carbocycles. The van der Waals surface area contributed by atoms with Crippen molar-refractivity contribution in [3.63, 3.8) is 0 Å². The van der Waals surface area contributed by atoms with E-state index < -0.39 is 24.0 Å². The Balaban J connectivity index is 0.00000167. The van der Waals surface area contributed by atoms with E-state index in [0.29, 0.717) is 13.1 Å². The number of amides is 2. The average molecular weight is 479 g/mol. The molecule has 4 rings (SSSR count). The van der Waals surface area contributed by atoms with E-state index in [4.69, 9.17) is 0 Å². The fourth-order valence-electron chi connectivity index (χ4n) is 4.00. The molecule has 0 saturated heterocycles. The molecule has 0 radical (unpaired) electrons. The smallest absolute Gasteiger partial charge is 0.255 e. The number of halogens is 1. The normalized spacial score (nSPS) is 13.8. The largest absolute Gasteiger partial charge is 0.380 e. The van der Waals surface area contributed by atoms with Crippen molar-refractivity contribution in [3.05, 3.63) is 94.8 Å². The molecule has 0 spiro atoms. The van der Waals surface area contributed by atoms with Gasteiger partial charge in [0.1, 0.15) is 5.82 Å². The Kier molecular flexibility index (Phi) is 8.73. The first-order valence-electron chi connectivity index (χ1n) is 11.7. The molecule has 0 aromatic heterocycles. The monoisotopic (exact) mass is 478 g/mol. The lowest BCUT2D eigenvalue weighted by Gasteiger charge is -2.22. The van der Waals surface area contributed by atoms with E-state index in [1.165, 1.54) is 17.0 Å². The topological polar surface area (TPSA) is 89.9 Å². The lowest BCUT2D eigenvalue weighted by molar-refractivity contribution is -0.153. The van der Waals surface area contributed by atoms with E-state index in [2.05, 4.69) is 5.32 Å². The van der Waals surface area contributed by atoms with Crippen LogP contribution in [0.4, 0.5) is 4.39 Å². The van der Waals surface area contributed by atoms with Gasteiger partial charge in [-0.15, -0.1) is 0 Å². The van der Waals surface area contributed by atoms with Gasteiger partial charge in [-0.25, -0.2) is 4.39 Å². The summed E-state index contributed by atoms with van der Waals surface area (Å²) in [5, 5.41) is 23.0. The minimum Gasteiger partial charge on any atom is -0.380 e. The highest BCUT2D eigenvalue weighted by Gasteiger charge is 2.35. The van der Waals surface area contributed by atoms with E-state index in [9.17, 15) is 24.2 Å². The lowest BCUT2D eigenvalue weighted by Crippen LogP contribution is -2.49. The molecule has 1 aliphatic heterocycles. The molecular formula is C28H31FN2O4. The Hall–Kier alpha value is -3.55. The molecule has 2 amide bonds. The molecule has 184 valence electrons.